The second-order valence-electron chi connectivity index (χ2n) is 2.09. The number of hydrogen-bond acceptors (Lipinski definition) is 3. The summed E-state index contributed by atoms with van der Waals surface area (Å²) in [4.78, 5) is 10.6. The van der Waals surface area contributed by atoms with Gasteiger partial charge in [-0.1, -0.05) is 6.08 Å². The number of allylic oxidation sites excluding steroid dienone is 1. The minimum atomic E-state index is -0.294. The fraction of sp³-hybridized carbons (Fsp3) is 0.571. The Morgan fingerprint density at radius 2 is 2.60 bits per heavy atom. The molecule has 3 nitrogen and oxygen atoms in total. The summed E-state index contributed by atoms with van der Waals surface area (Å²) in [6.45, 7) is 2.89. The Bertz CT molecular complexity index is 147. The molecule has 1 aliphatic rings. The van der Waals surface area contributed by atoms with Gasteiger partial charge in [0.05, 0.1) is 6.61 Å². The van der Waals surface area contributed by atoms with E-state index < -0.39 is 0 Å². The molecule has 3 heteroatoms. The van der Waals surface area contributed by atoms with E-state index in [0.29, 0.717) is 6.61 Å². The third-order valence-electron chi connectivity index (χ3n) is 1.12. The fourth-order valence-corrected chi connectivity index (χ4v) is 0.524. The minimum Gasteiger partial charge on any atom is -0.460 e. The zero-order valence-corrected chi connectivity index (χ0v) is 5.87. The fourth-order valence-electron chi connectivity index (χ4n) is 0.524. The van der Waals surface area contributed by atoms with Crippen molar-refractivity contribution in [3.8, 4) is 0 Å². The van der Waals surface area contributed by atoms with E-state index >= 15 is 0 Å². The molecule has 0 saturated carbocycles. The van der Waals surface area contributed by atoms with Gasteiger partial charge in [0.25, 0.3) is 0 Å². The van der Waals surface area contributed by atoms with Crippen molar-refractivity contribution in [2.45, 2.75) is 13.0 Å². The van der Waals surface area contributed by atoms with Crippen LogP contribution in [0.4, 0.5) is 0 Å². The van der Waals surface area contributed by atoms with Crippen molar-refractivity contribution in [2.75, 3.05) is 13.2 Å². The highest BCUT2D eigenvalue weighted by Gasteiger charge is 2.23. The molecular formula is C7H10O3. The van der Waals surface area contributed by atoms with Gasteiger partial charge >= 0.3 is 5.97 Å². The molecule has 1 heterocycles. The van der Waals surface area contributed by atoms with Crippen molar-refractivity contribution in [2.24, 2.45) is 0 Å². The molecule has 0 aromatic heterocycles. The van der Waals surface area contributed by atoms with Crippen molar-refractivity contribution in [1.82, 2.24) is 0 Å². The molecular weight excluding hydrogens is 132 g/mol. The average Bonchev–Trinajstić information content (AvgIpc) is 2.67. The summed E-state index contributed by atoms with van der Waals surface area (Å²) >= 11 is 0. The molecule has 0 radical (unpaired) electrons. The molecule has 1 unspecified atom stereocenters. The first-order chi connectivity index (χ1) is 4.83. The SMILES string of the molecule is CC=CC(=O)OCC1CO1. The minimum absolute atomic E-state index is 0.161. The summed E-state index contributed by atoms with van der Waals surface area (Å²) in [5.74, 6) is -0.294. The first-order valence-electron chi connectivity index (χ1n) is 3.24. The van der Waals surface area contributed by atoms with Gasteiger partial charge in [-0.2, -0.15) is 0 Å². The second-order valence-corrected chi connectivity index (χ2v) is 2.09. The van der Waals surface area contributed by atoms with Crippen molar-refractivity contribution in [3.63, 3.8) is 0 Å². The highest BCUT2D eigenvalue weighted by molar-refractivity contribution is 5.81. The molecule has 0 amide bonds. The maximum Gasteiger partial charge on any atom is 0.330 e. The van der Waals surface area contributed by atoms with Crippen LogP contribution in [0.3, 0.4) is 0 Å². The highest BCUT2D eigenvalue weighted by Crippen LogP contribution is 2.08. The number of rotatable bonds is 3. The number of carbonyl (C=O) groups is 1. The topological polar surface area (TPSA) is 38.8 Å². The predicted octanol–water partition coefficient (Wildman–Crippen LogP) is 0.505. The van der Waals surface area contributed by atoms with E-state index in [9.17, 15) is 4.79 Å². The van der Waals surface area contributed by atoms with Crippen LogP contribution in [0.5, 0.6) is 0 Å². The molecule has 0 bridgehead atoms. The van der Waals surface area contributed by atoms with Crippen LogP contribution in [-0.4, -0.2) is 25.3 Å². The van der Waals surface area contributed by atoms with Crippen LogP contribution in [0, 0.1) is 0 Å². The van der Waals surface area contributed by atoms with Gasteiger partial charge in [0, 0.05) is 6.08 Å². The third-order valence-corrected chi connectivity index (χ3v) is 1.12. The van der Waals surface area contributed by atoms with Gasteiger partial charge in [0.1, 0.15) is 12.7 Å². The van der Waals surface area contributed by atoms with Gasteiger partial charge in [-0.15, -0.1) is 0 Å². The van der Waals surface area contributed by atoms with Crippen LogP contribution in [-0.2, 0) is 14.3 Å². The zero-order chi connectivity index (χ0) is 7.40. The summed E-state index contributed by atoms with van der Waals surface area (Å²) in [6.07, 6.45) is 3.20. The summed E-state index contributed by atoms with van der Waals surface area (Å²) in [5, 5.41) is 0. The predicted molar refractivity (Wildman–Crippen MR) is 35.5 cm³/mol. The molecule has 1 fully saturated rings. The number of ether oxygens (including phenoxy) is 2. The van der Waals surface area contributed by atoms with E-state index in [-0.39, 0.29) is 12.1 Å². The lowest BCUT2D eigenvalue weighted by Gasteiger charge is -1.95. The van der Waals surface area contributed by atoms with Crippen molar-refractivity contribution >= 4 is 5.97 Å². The Balaban J connectivity index is 2.05. The summed E-state index contributed by atoms with van der Waals surface area (Å²) in [5.41, 5.74) is 0. The van der Waals surface area contributed by atoms with Gasteiger partial charge in [-0.05, 0) is 6.92 Å². The molecule has 0 aromatic carbocycles. The van der Waals surface area contributed by atoms with Crippen LogP contribution in [0.2, 0.25) is 0 Å². The number of carbonyl (C=O) groups excluding carboxylic acids is 1. The smallest absolute Gasteiger partial charge is 0.330 e. The summed E-state index contributed by atoms with van der Waals surface area (Å²) < 4.78 is 9.59. The lowest BCUT2D eigenvalue weighted by atomic mass is 10.5. The molecule has 1 saturated heterocycles. The number of hydrogen-bond donors (Lipinski definition) is 0. The number of epoxide rings is 1. The van der Waals surface area contributed by atoms with Crippen LogP contribution >= 0.6 is 0 Å². The lowest BCUT2D eigenvalue weighted by molar-refractivity contribution is -0.138. The van der Waals surface area contributed by atoms with E-state index in [2.05, 4.69) is 0 Å². The molecule has 0 aliphatic carbocycles. The molecule has 0 spiro atoms. The van der Waals surface area contributed by atoms with E-state index in [1.165, 1.54) is 6.08 Å². The van der Waals surface area contributed by atoms with E-state index in [1.807, 2.05) is 0 Å². The second kappa shape index (κ2) is 3.37. The van der Waals surface area contributed by atoms with Crippen LogP contribution in [0.25, 0.3) is 0 Å². The van der Waals surface area contributed by atoms with Crippen molar-refractivity contribution < 1.29 is 14.3 Å². The van der Waals surface area contributed by atoms with Gasteiger partial charge < -0.3 is 9.47 Å². The summed E-state index contributed by atoms with van der Waals surface area (Å²) in [6, 6.07) is 0. The van der Waals surface area contributed by atoms with Gasteiger partial charge in [-0.25, -0.2) is 4.79 Å². The van der Waals surface area contributed by atoms with E-state index in [4.69, 9.17) is 9.47 Å². The molecule has 1 rings (SSSR count). The molecule has 1 aliphatic heterocycles. The molecule has 1 atom stereocenters. The molecule has 10 heavy (non-hydrogen) atoms. The van der Waals surface area contributed by atoms with Gasteiger partial charge in [0.2, 0.25) is 0 Å². The number of esters is 1. The molecule has 56 valence electrons. The monoisotopic (exact) mass is 142 g/mol. The molecule has 0 aromatic rings. The quantitative estimate of drug-likeness (QED) is 0.327. The van der Waals surface area contributed by atoms with Crippen molar-refractivity contribution in [1.29, 1.82) is 0 Å². The normalized spacial score (nSPS) is 23.1. The first kappa shape index (κ1) is 7.28. The van der Waals surface area contributed by atoms with Crippen molar-refractivity contribution in [3.05, 3.63) is 12.2 Å². The Hall–Kier alpha value is -0.830. The first-order valence-corrected chi connectivity index (χ1v) is 3.24. The van der Waals surface area contributed by atoms with Crippen LogP contribution < -0.4 is 0 Å². The molecule has 0 N–H and O–H groups in total. The lowest BCUT2D eigenvalue weighted by Crippen LogP contribution is -2.06. The standard InChI is InChI=1S/C7H10O3/c1-2-3-7(8)10-5-6-4-9-6/h2-3,6H,4-5H2,1H3. The largest absolute Gasteiger partial charge is 0.460 e. The average molecular weight is 142 g/mol. The maximum atomic E-state index is 10.6. The highest BCUT2D eigenvalue weighted by atomic mass is 16.6. The summed E-state index contributed by atoms with van der Waals surface area (Å²) in [7, 11) is 0. The Morgan fingerprint density at radius 1 is 1.90 bits per heavy atom. The van der Waals surface area contributed by atoms with E-state index in [1.54, 1.807) is 13.0 Å². The Kier molecular flexibility index (Phi) is 2.45. The third kappa shape index (κ3) is 2.64. The maximum absolute atomic E-state index is 10.6. The van der Waals surface area contributed by atoms with Crippen LogP contribution in [0.15, 0.2) is 12.2 Å². The Labute approximate surface area is 59.6 Å². The Morgan fingerprint density at radius 3 is 3.10 bits per heavy atom. The van der Waals surface area contributed by atoms with Crippen LogP contribution in [0.1, 0.15) is 6.92 Å². The van der Waals surface area contributed by atoms with Gasteiger partial charge in [-0.3, -0.25) is 0 Å². The van der Waals surface area contributed by atoms with Gasteiger partial charge in [0.15, 0.2) is 0 Å². The zero-order valence-electron chi connectivity index (χ0n) is 5.87. The van der Waals surface area contributed by atoms with E-state index in [0.717, 1.165) is 6.61 Å².